The Morgan fingerprint density at radius 1 is 0.484 bits per heavy atom. The van der Waals surface area contributed by atoms with Gasteiger partial charge in [-0.15, -0.1) is 0 Å². The van der Waals surface area contributed by atoms with Crippen LogP contribution in [0.4, 0.5) is 17.1 Å². The third-order valence-corrected chi connectivity index (χ3v) is 14.4. The Kier molecular flexibility index (Phi) is 7.90. The molecule has 0 amide bonds. The lowest BCUT2D eigenvalue weighted by molar-refractivity contribution is 0.419. The first-order valence-corrected chi connectivity index (χ1v) is 22.2. The Morgan fingerprint density at radius 3 is 2.00 bits per heavy atom. The van der Waals surface area contributed by atoms with E-state index in [4.69, 9.17) is 4.42 Å². The Balaban J connectivity index is 1.08. The quantitative estimate of drug-likeness (QED) is 0.160. The molecule has 3 nitrogen and oxygen atoms in total. The maximum absolute atomic E-state index is 6.84. The molecule has 11 aromatic rings. The standard InChI is InChI=1S/C59H44N2O/c1-3-14-40(15-4-1)45-22-11-16-41-17-12-23-48(57(41)45)46-20-7-9-24-51(46)61(54-27-13-26-53-58(54)49-21-8-10-25-52(49)60(53)43-18-5-2-6-19-43)44-29-30-47-50-36-42(28-31-55(50)62-56(47)37-44)59-34-32-39(38-59)33-35-59/h1-31,36-37,39H,32-35,38H2. The predicted molar refractivity (Wildman–Crippen MR) is 259 cm³/mol. The third kappa shape index (κ3) is 5.37. The van der Waals surface area contributed by atoms with Gasteiger partial charge in [0, 0.05) is 44.5 Å². The number of hydrogen-bond acceptors (Lipinski definition) is 2. The second-order valence-electron chi connectivity index (χ2n) is 17.7. The smallest absolute Gasteiger partial charge is 0.137 e. The number of para-hydroxylation sites is 3. The topological polar surface area (TPSA) is 21.3 Å². The maximum Gasteiger partial charge on any atom is 0.137 e. The summed E-state index contributed by atoms with van der Waals surface area (Å²) in [7, 11) is 0. The Bertz CT molecular complexity index is 3510. The molecular formula is C59H44N2O. The van der Waals surface area contributed by atoms with Gasteiger partial charge in [-0.25, -0.2) is 0 Å². The number of nitrogens with zero attached hydrogens (tertiary/aromatic N) is 2. The van der Waals surface area contributed by atoms with E-state index in [9.17, 15) is 0 Å². The molecule has 2 aliphatic rings. The molecule has 0 atom stereocenters. The normalized spacial score (nSPS) is 17.3. The number of fused-ring (bicyclic) bond motifs is 9. The zero-order chi connectivity index (χ0) is 40.8. The minimum atomic E-state index is 0.336. The molecule has 2 aromatic heterocycles. The lowest BCUT2D eigenvalue weighted by atomic mass is 9.77. The van der Waals surface area contributed by atoms with Gasteiger partial charge in [0.1, 0.15) is 11.2 Å². The van der Waals surface area contributed by atoms with Crippen LogP contribution in [0.15, 0.2) is 205 Å². The molecule has 0 N–H and O–H groups in total. The van der Waals surface area contributed by atoms with Crippen LogP contribution >= 0.6 is 0 Å². The Labute approximate surface area is 361 Å². The van der Waals surface area contributed by atoms with Gasteiger partial charge in [-0.1, -0.05) is 133 Å². The van der Waals surface area contributed by atoms with Crippen LogP contribution in [0.1, 0.15) is 37.7 Å². The fourth-order valence-corrected chi connectivity index (χ4v) is 11.6. The molecule has 2 bridgehead atoms. The molecular weight excluding hydrogens is 753 g/mol. The van der Waals surface area contributed by atoms with E-state index in [0.29, 0.717) is 5.41 Å². The second kappa shape index (κ2) is 13.8. The minimum absolute atomic E-state index is 0.336. The first-order chi connectivity index (χ1) is 30.7. The average molecular weight is 797 g/mol. The highest BCUT2D eigenvalue weighted by Gasteiger charge is 2.45. The van der Waals surface area contributed by atoms with Crippen molar-refractivity contribution in [1.82, 2.24) is 4.57 Å². The molecule has 9 aromatic carbocycles. The average Bonchev–Trinajstić information content (AvgIpc) is 4.13. The summed E-state index contributed by atoms with van der Waals surface area (Å²) < 4.78 is 9.24. The molecule has 2 aliphatic carbocycles. The zero-order valence-electron chi connectivity index (χ0n) is 34.5. The summed E-state index contributed by atoms with van der Waals surface area (Å²) in [6, 6.07) is 73.5. The van der Waals surface area contributed by atoms with Crippen molar-refractivity contribution in [1.29, 1.82) is 0 Å². The lowest BCUT2D eigenvalue weighted by Gasteiger charge is -2.29. The van der Waals surface area contributed by atoms with E-state index >= 15 is 0 Å². The summed E-state index contributed by atoms with van der Waals surface area (Å²) in [4.78, 5) is 2.48. The van der Waals surface area contributed by atoms with Gasteiger partial charge in [-0.2, -0.15) is 0 Å². The van der Waals surface area contributed by atoms with Crippen molar-refractivity contribution in [3.8, 4) is 27.9 Å². The molecule has 3 heteroatoms. The van der Waals surface area contributed by atoms with E-state index in [2.05, 4.69) is 210 Å². The summed E-state index contributed by atoms with van der Waals surface area (Å²) in [5, 5.41) is 7.25. The van der Waals surface area contributed by atoms with Crippen molar-refractivity contribution in [3.63, 3.8) is 0 Å². The van der Waals surface area contributed by atoms with Crippen LogP contribution in [0.2, 0.25) is 0 Å². The third-order valence-electron chi connectivity index (χ3n) is 14.4. The van der Waals surface area contributed by atoms with Gasteiger partial charge in [0.05, 0.1) is 22.4 Å². The fraction of sp³-hybridized carbons (Fsp3) is 0.119. The van der Waals surface area contributed by atoms with Crippen LogP contribution in [-0.2, 0) is 5.41 Å². The van der Waals surface area contributed by atoms with Crippen molar-refractivity contribution < 1.29 is 4.42 Å². The monoisotopic (exact) mass is 796 g/mol. The van der Waals surface area contributed by atoms with Gasteiger partial charge in [-0.3, -0.25) is 0 Å². The van der Waals surface area contributed by atoms with Crippen molar-refractivity contribution in [2.75, 3.05) is 4.90 Å². The van der Waals surface area contributed by atoms with Crippen LogP contribution in [0.3, 0.4) is 0 Å². The van der Waals surface area contributed by atoms with E-state index in [0.717, 1.165) is 50.9 Å². The van der Waals surface area contributed by atoms with Crippen molar-refractivity contribution in [2.45, 2.75) is 37.5 Å². The number of benzene rings is 9. The molecule has 62 heavy (non-hydrogen) atoms. The lowest BCUT2D eigenvalue weighted by Crippen LogP contribution is -2.19. The summed E-state index contributed by atoms with van der Waals surface area (Å²) in [5.41, 5.74) is 15.2. The Hall–Kier alpha value is -7.36. The highest BCUT2D eigenvalue weighted by Crippen LogP contribution is 2.56. The van der Waals surface area contributed by atoms with Gasteiger partial charge in [0.15, 0.2) is 0 Å². The number of rotatable bonds is 7. The summed E-state index contributed by atoms with van der Waals surface area (Å²) >= 11 is 0. The first-order valence-electron chi connectivity index (χ1n) is 22.2. The van der Waals surface area contributed by atoms with Crippen LogP contribution in [-0.4, -0.2) is 4.57 Å². The van der Waals surface area contributed by atoms with E-state index < -0.39 is 0 Å². The number of aromatic nitrogens is 1. The minimum Gasteiger partial charge on any atom is -0.456 e. The molecule has 0 saturated heterocycles. The Morgan fingerprint density at radius 2 is 1.18 bits per heavy atom. The highest BCUT2D eigenvalue weighted by molar-refractivity contribution is 6.18. The van der Waals surface area contributed by atoms with E-state index in [1.54, 1.807) is 0 Å². The van der Waals surface area contributed by atoms with Crippen molar-refractivity contribution in [2.24, 2.45) is 5.92 Å². The second-order valence-corrected chi connectivity index (χ2v) is 17.7. The first kappa shape index (κ1) is 35.4. The van der Waals surface area contributed by atoms with Crippen molar-refractivity contribution in [3.05, 3.63) is 206 Å². The van der Waals surface area contributed by atoms with Crippen LogP contribution in [0, 0.1) is 5.92 Å². The zero-order valence-corrected chi connectivity index (χ0v) is 34.5. The number of anilines is 3. The van der Waals surface area contributed by atoms with Gasteiger partial charge >= 0.3 is 0 Å². The molecule has 2 saturated carbocycles. The molecule has 0 aliphatic heterocycles. The van der Waals surface area contributed by atoms with Gasteiger partial charge in [0.25, 0.3) is 0 Å². The fourth-order valence-electron chi connectivity index (χ4n) is 11.6. The molecule has 2 heterocycles. The summed E-state index contributed by atoms with van der Waals surface area (Å²) in [6.45, 7) is 0. The van der Waals surface area contributed by atoms with Gasteiger partial charge in [0.2, 0.25) is 0 Å². The summed E-state index contributed by atoms with van der Waals surface area (Å²) in [6.07, 6.45) is 6.70. The largest absolute Gasteiger partial charge is 0.456 e. The predicted octanol–water partition coefficient (Wildman–Crippen LogP) is 16.5. The maximum atomic E-state index is 6.84. The van der Waals surface area contributed by atoms with Gasteiger partial charge < -0.3 is 13.9 Å². The van der Waals surface area contributed by atoms with Crippen molar-refractivity contribution >= 4 is 71.6 Å². The number of hydrogen-bond donors (Lipinski definition) is 0. The molecule has 13 rings (SSSR count). The molecule has 296 valence electrons. The molecule has 0 spiro atoms. The van der Waals surface area contributed by atoms with Crippen LogP contribution in [0.25, 0.3) is 82.5 Å². The van der Waals surface area contributed by atoms with E-state index in [1.165, 1.54) is 92.2 Å². The summed E-state index contributed by atoms with van der Waals surface area (Å²) in [5.74, 6) is 0.896. The number of furan rings is 1. The molecule has 2 fully saturated rings. The van der Waals surface area contributed by atoms with Crippen LogP contribution in [0.5, 0.6) is 0 Å². The molecule has 0 unspecified atom stereocenters. The van der Waals surface area contributed by atoms with E-state index in [1.807, 2.05) is 0 Å². The SMILES string of the molecule is c1ccc(-c2cccc3cccc(-c4ccccc4N(c4ccc5c(c4)oc4ccc(C67CCC(CC6)C7)cc45)c4cccc5c4c4ccccc4n5-c4ccccc4)c23)cc1. The van der Waals surface area contributed by atoms with Gasteiger partial charge in [-0.05, 0) is 137 Å². The van der Waals surface area contributed by atoms with Crippen LogP contribution < -0.4 is 4.90 Å². The van der Waals surface area contributed by atoms with E-state index in [-0.39, 0.29) is 0 Å². The molecule has 0 radical (unpaired) electrons. The highest BCUT2D eigenvalue weighted by atomic mass is 16.3.